The van der Waals surface area contributed by atoms with Gasteiger partial charge in [0.1, 0.15) is 5.82 Å². The lowest BCUT2D eigenvalue weighted by atomic mass is 10.3. The molecule has 0 atom stereocenters. The number of hydrogen-bond acceptors (Lipinski definition) is 2. The molecule has 0 aliphatic carbocycles. The van der Waals surface area contributed by atoms with E-state index in [-0.39, 0.29) is 5.82 Å². The Morgan fingerprint density at radius 2 is 2.22 bits per heavy atom. The van der Waals surface area contributed by atoms with Gasteiger partial charge in [-0.3, -0.25) is 4.98 Å². The van der Waals surface area contributed by atoms with Gasteiger partial charge in [-0.05, 0) is 36.2 Å². The molecule has 0 saturated heterocycles. The first-order valence-corrected chi connectivity index (χ1v) is 6.22. The summed E-state index contributed by atoms with van der Waals surface area (Å²) in [4.78, 5) is 3.85. The van der Waals surface area contributed by atoms with Crippen molar-refractivity contribution < 1.29 is 4.39 Å². The fourth-order valence-electron chi connectivity index (χ4n) is 1.86. The Hall–Kier alpha value is -1.68. The van der Waals surface area contributed by atoms with Crippen LogP contribution in [0.1, 0.15) is 24.5 Å². The van der Waals surface area contributed by atoms with E-state index in [0.29, 0.717) is 6.54 Å². The van der Waals surface area contributed by atoms with E-state index in [1.165, 1.54) is 17.8 Å². The first-order valence-electron chi connectivity index (χ1n) is 6.22. The summed E-state index contributed by atoms with van der Waals surface area (Å²) >= 11 is 0. The summed E-state index contributed by atoms with van der Waals surface area (Å²) < 4.78 is 15.0. The third kappa shape index (κ3) is 3.67. The number of nitrogens with zero attached hydrogens (tertiary/aromatic N) is 2. The number of hydrogen-bond donors (Lipinski definition) is 1. The van der Waals surface area contributed by atoms with E-state index in [4.69, 9.17) is 0 Å². The van der Waals surface area contributed by atoms with Gasteiger partial charge in [-0.2, -0.15) is 0 Å². The molecule has 2 aromatic heterocycles. The molecule has 0 bridgehead atoms. The fourth-order valence-corrected chi connectivity index (χ4v) is 1.86. The van der Waals surface area contributed by atoms with E-state index in [2.05, 4.69) is 29.5 Å². The highest BCUT2D eigenvalue weighted by Gasteiger charge is 2.00. The fraction of sp³-hybridized carbons (Fsp3) is 0.357. The molecule has 0 fully saturated rings. The Labute approximate surface area is 107 Å². The molecule has 1 N–H and O–H groups in total. The van der Waals surface area contributed by atoms with Crippen molar-refractivity contribution in [3.8, 4) is 0 Å². The minimum absolute atomic E-state index is 0.288. The lowest BCUT2D eigenvalue weighted by Gasteiger charge is -2.03. The van der Waals surface area contributed by atoms with E-state index < -0.39 is 0 Å². The minimum atomic E-state index is -0.288. The molecule has 0 saturated carbocycles. The first-order chi connectivity index (χ1) is 8.78. The van der Waals surface area contributed by atoms with Gasteiger partial charge in [0.05, 0.1) is 6.20 Å². The summed E-state index contributed by atoms with van der Waals surface area (Å²) in [5, 5.41) is 3.35. The van der Waals surface area contributed by atoms with Gasteiger partial charge in [0.2, 0.25) is 0 Å². The maximum Gasteiger partial charge on any atom is 0.141 e. The van der Waals surface area contributed by atoms with E-state index in [0.717, 1.165) is 25.1 Å². The van der Waals surface area contributed by atoms with Crippen LogP contribution in [0.4, 0.5) is 4.39 Å². The van der Waals surface area contributed by atoms with Crippen LogP contribution in [0.2, 0.25) is 0 Å². The van der Waals surface area contributed by atoms with Gasteiger partial charge in [-0.15, -0.1) is 0 Å². The van der Waals surface area contributed by atoms with Crippen molar-refractivity contribution in [2.45, 2.75) is 26.4 Å². The monoisotopic (exact) mass is 247 g/mol. The topological polar surface area (TPSA) is 29.9 Å². The third-order valence-electron chi connectivity index (χ3n) is 2.69. The molecule has 18 heavy (non-hydrogen) atoms. The van der Waals surface area contributed by atoms with Gasteiger partial charge in [0, 0.05) is 31.7 Å². The lowest BCUT2D eigenvalue weighted by molar-refractivity contribution is 0.616. The average Bonchev–Trinajstić information content (AvgIpc) is 2.77. The molecular weight excluding hydrogens is 229 g/mol. The van der Waals surface area contributed by atoms with Crippen molar-refractivity contribution in [1.29, 1.82) is 0 Å². The van der Waals surface area contributed by atoms with E-state index in [9.17, 15) is 4.39 Å². The zero-order valence-corrected chi connectivity index (χ0v) is 10.6. The van der Waals surface area contributed by atoms with Crippen LogP contribution >= 0.6 is 0 Å². The number of aromatic nitrogens is 2. The standard InChI is InChI=1S/C14H18FN3/c1-2-4-16-7-12-3-5-18(10-12)11-13-6-14(15)9-17-8-13/h3,5-6,8-10,16H,2,4,7,11H2,1H3. The maximum absolute atomic E-state index is 13.0. The molecule has 2 aromatic rings. The second-order valence-electron chi connectivity index (χ2n) is 4.38. The van der Waals surface area contributed by atoms with Crippen LogP contribution in [0.15, 0.2) is 36.9 Å². The maximum atomic E-state index is 13.0. The summed E-state index contributed by atoms with van der Waals surface area (Å²) in [7, 11) is 0. The van der Waals surface area contributed by atoms with Crippen LogP contribution in [-0.2, 0) is 13.1 Å². The summed E-state index contributed by atoms with van der Waals surface area (Å²) in [5.74, 6) is -0.288. The molecule has 2 rings (SSSR count). The molecule has 0 amide bonds. The van der Waals surface area contributed by atoms with Crippen molar-refractivity contribution in [3.63, 3.8) is 0 Å². The Morgan fingerprint density at radius 3 is 3.00 bits per heavy atom. The Morgan fingerprint density at radius 1 is 1.33 bits per heavy atom. The van der Waals surface area contributed by atoms with Crippen LogP contribution in [0, 0.1) is 5.82 Å². The highest BCUT2D eigenvalue weighted by Crippen LogP contribution is 2.07. The second kappa shape index (κ2) is 6.31. The first kappa shape index (κ1) is 12.8. The molecule has 0 radical (unpaired) electrons. The zero-order valence-electron chi connectivity index (χ0n) is 10.6. The van der Waals surface area contributed by atoms with Crippen molar-refractivity contribution in [3.05, 3.63) is 53.9 Å². The Bertz CT molecular complexity index is 493. The number of rotatable bonds is 6. The molecule has 0 aliphatic rings. The highest BCUT2D eigenvalue weighted by atomic mass is 19.1. The van der Waals surface area contributed by atoms with Crippen molar-refractivity contribution >= 4 is 0 Å². The predicted molar refractivity (Wildman–Crippen MR) is 69.7 cm³/mol. The lowest BCUT2D eigenvalue weighted by Crippen LogP contribution is -2.13. The van der Waals surface area contributed by atoms with Gasteiger partial charge >= 0.3 is 0 Å². The Kier molecular flexibility index (Phi) is 4.47. The molecule has 0 unspecified atom stereocenters. The van der Waals surface area contributed by atoms with Gasteiger partial charge in [-0.1, -0.05) is 6.92 Å². The number of nitrogens with one attached hydrogen (secondary N) is 1. The summed E-state index contributed by atoms with van der Waals surface area (Å²) in [6.07, 6.45) is 8.13. The average molecular weight is 247 g/mol. The van der Waals surface area contributed by atoms with Crippen molar-refractivity contribution in [1.82, 2.24) is 14.9 Å². The highest BCUT2D eigenvalue weighted by molar-refractivity contribution is 5.15. The van der Waals surface area contributed by atoms with E-state index in [1.54, 1.807) is 6.20 Å². The summed E-state index contributed by atoms with van der Waals surface area (Å²) in [5.41, 5.74) is 2.12. The molecular formula is C14H18FN3. The van der Waals surface area contributed by atoms with E-state index in [1.807, 2.05) is 10.8 Å². The normalized spacial score (nSPS) is 10.8. The van der Waals surface area contributed by atoms with Crippen LogP contribution in [0.25, 0.3) is 0 Å². The van der Waals surface area contributed by atoms with Gasteiger partial charge in [-0.25, -0.2) is 4.39 Å². The van der Waals surface area contributed by atoms with Crippen LogP contribution in [-0.4, -0.2) is 16.1 Å². The van der Waals surface area contributed by atoms with Crippen LogP contribution in [0.5, 0.6) is 0 Å². The van der Waals surface area contributed by atoms with Crippen LogP contribution in [0.3, 0.4) is 0 Å². The van der Waals surface area contributed by atoms with Crippen molar-refractivity contribution in [2.24, 2.45) is 0 Å². The minimum Gasteiger partial charge on any atom is -0.350 e. The predicted octanol–water partition coefficient (Wildman–Crippen LogP) is 2.57. The summed E-state index contributed by atoms with van der Waals surface area (Å²) in [6, 6.07) is 3.59. The quantitative estimate of drug-likeness (QED) is 0.795. The number of pyridine rings is 1. The van der Waals surface area contributed by atoms with E-state index >= 15 is 0 Å². The third-order valence-corrected chi connectivity index (χ3v) is 2.69. The molecule has 0 spiro atoms. The molecule has 4 heteroatoms. The smallest absolute Gasteiger partial charge is 0.141 e. The summed E-state index contributed by atoms with van der Waals surface area (Å²) in [6.45, 7) is 4.70. The largest absolute Gasteiger partial charge is 0.350 e. The van der Waals surface area contributed by atoms with Crippen molar-refractivity contribution in [2.75, 3.05) is 6.54 Å². The Balaban J connectivity index is 1.94. The van der Waals surface area contributed by atoms with Gasteiger partial charge in [0.15, 0.2) is 0 Å². The van der Waals surface area contributed by atoms with Gasteiger partial charge in [0.25, 0.3) is 0 Å². The second-order valence-corrected chi connectivity index (χ2v) is 4.38. The number of halogens is 1. The van der Waals surface area contributed by atoms with Crippen LogP contribution < -0.4 is 5.32 Å². The van der Waals surface area contributed by atoms with Gasteiger partial charge < -0.3 is 9.88 Å². The molecule has 0 aromatic carbocycles. The zero-order chi connectivity index (χ0) is 12.8. The molecule has 2 heterocycles. The molecule has 96 valence electrons. The molecule has 3 nitrogen and oxygen atoms in total. The molecule has 0 aliphatic heterocycles. The SMILES string of the molecule is CCCNCc1ccn(Cc2cncc(F)c2)c1.